The average Bonchev–Trinajstić information content (AvgIpc) is 3.28. The van der Waals surface area contributed by atoms with Gasteiger partial charge in [0.25, 0.3) is 0 Å². The molecule has 7 nitrogen and oxygen atoms in total. The Labute approximate surface area is 214 Å². The van der Waals surface area contributed by atoms with Crippen molar-refractivity contribution in [1.82, 2.24) is 9.88 Å². The van der Waals surface area contributed by atoms with Crippen LogP contribution >= 0.6 is 35.5 Å². The highest BCUT2D eigenvalue weighted by atomic mass is 35.5. The minimum absolute atomic E-state index is 0. The van der Waals surface area contributed by atoms with Crippen LogP contribution in [0.15, 0.2) is 58.3 Å². The molecular weight excluding hydrogens is 514 g/mol. The number of nitrogens with zero attached hydrogens (tertiary/aromatic N) is 3. The van der Waals surface area contributed by atoms with Gasteiger partial charge >= 0.3 is 0 Å². The third-order valence-electron chi connectivity index (χ3n) is 5.55. The molecule has 11 heteroatoms. The Morgan fingerprint density at radius 2 is 1.88 bits per heavy atom. The van der Waals surface area contributed by atoms with Crippen LogP contribution in [-0.2, 0) is 19.4 Å². The summed E-state index contributed by atoms with van der Waals surface area (Å²) in [5.74, 6) is -0.460. The van der Waals surface area contributed by atoms with Gasteiger partial charge in [-0.05, 0) is 30.5 Å². The highest BCUT2D eigenvalue weighted by molar-refractivity contribution is 7.98. The number of amides is 1. The van der Waals surface area contributed by atoms with Gasteiger partial charge < -0.3 is 4.74 Å². The number of ether oxygens (including phenoxy) is 1. The number of halogens is 1. The minimum Gasteiger partial charge on any atom is -0.379 e. The molecule has 0 aliphatic carbocycles. The van der Waals surface area contributed by atoms with Crippen molar-refractivity contribution >= 4 is 66.6 Å². The third kappa shape index (κ3) is 6.50. The van der Waals surface area contributed by atoms with E-state index in [0.717, 1.165) is 28.2 Å². The zero-order valence-electron chi connectivity index (χ0n) is 18.9. The summed E-state index contributed by atoms with van der Waals surface area (Å²) in [4.78, 5) is 23.3. The van der Waals surface area contributed by atoms with Crippen LogP contribution < -0.4 is 4.90 Å². The van der Waals surface area contributed by atoms with Gasteiger partial charge in [0.05, 0.1) is 34.1 Å². The van der Waals surface area contributed by atoms with Crippen molar-refractivity contribution in [3.8, 4) is 0 Å². The summed E-state index contributed by atoms with van der Waals surface area (Å²) in [6.45, 7) is 4.15. The molecule has 1 fully saturated rings. The lowest BCUT2D eigenvalue weighted by atomic mass is 10.3. The zero-order chi connectivity index (χ0) is 23.3. The van der Waals surface area contributed by atoms with Crippen molar-refractivity contribution < 1.29 is 17.9 Å². The summed E-state index contributed by atoms with van der Waals surface area (Å²) in [5, 5.41) is 0.613. The smallest absolute Gasteiger partial charge is 0.229 e. The number of sulfone groups is 1. The van der Waals surface area contributed by atoms with Crippen molar-refractivity contribution in [2.75, 3.05) is 56.3 Å². The van der Waals surface area contributed by atoms with Crippen molar-refractivity contribution in [2.24, 2.45) is 0 Å². The van der Waals surface area contributed by atoms with Crippen LogP contribution in [0.5, 0.6) is 0 Å². The van der Waals surface area contributed by atoms with Crippen LogP contribution in [0.3, 0.4) is 0 Å². The molecule has 1 amide bonds. The van der Waals surface area contributed by atoms with Crippen LogP contribution in [0.25, 0.3) is 10.2 Å². The van der Waals surface area contributed by atoms with Gasteiger partial charge in [-0.3, -0.25) is 14.6 Å². The number of rotatable bonds is 9. The van der Waals surface area contributed by atoms with E-state index in [0.29, 0.717) is 31.4 Å². The first-order chi connectivity index (χ1) is 16.0. The molecule has 0 atom stereocenters. The summed E-state index contributed by atoms with van der Waals surface area (Å²) in [7, 11) is -3.54. The predicted molar refractivity (Wildman–Crippen MR) is 141 cm³/mol. The molecular formula is C23H28ClN3O4S3. The van der Waals surface area contributed by atoms with Crippen LogP contribution in [0.1, 0.15) is 6.42 Å². The number of hydrogen-bond acceptors (Lipinski definition) is 8. The Balaban J connectivity index is 0.00000324. The molecule has 1 aliphatic rings. The molecule has 0 radical (unpaired) electrons. The Morgan fingerprint density at radius 3 is 2.59 bits per heavy atom. The maximum Gasteiger partial charge on any atom is 0.229 e. The summed E-state index contributed by atoms with van der Waals surface area (Å²) in [5.41, 5.74) is 0.881. The fraction of sp³-hybridized carbons (Fsp3) is 0.391. The lowest BCUT2D eigenvalue weighted by Gasteiger charge is -2.29. The van der Waals surface area contributed by atoms with Gasteiger partial charge in [0.15, 0.2) is 15.0 Å². The second-order valence-electron chi connectivity index (χ2n) is 7.68. The fourth-order valence-corrected chi connectivity index (χ4v) is 6.60. The molecule has 1 saturated heterocycles. The number of hydrogen-bond donors (Lipinski definition) is 0. The molecule has 1 aromatic heterocycles. The van der Waals surface area contributed by atoms with Gasteiger partial charge in [-0.1, -0.05) is 35.6 Å². The first kappa shape index (κ1) is 26.9. The molecule has 184 valence electrons. The predicted octanol–water partition coefficient (Wildman–Crippen LogP) is 3.97. The summed E-state index contributed by atoms with van der Waals surface area (Å²) in [6, 6.07) is 14.3. The van der Waals surface area contributed by atoms with Crippen molar-refractivity contribution in [3.05, 3.63) is 48.5 Å². The van der Waals surface area contributed by atoms with Crippen molar-refractivity contribution in [1.29, 1.82) is 0 Å². The van der Waals surface area contributed by atoms with Gasteiger partial charge in [0.1, 0.15) is 0 Å². The average molecular weight is 542 g/mol. The molecule has 2 heterocycles. The van der Waals surface area contributed by atoms with Gasteiger partial charge in [-0.2, -0.15) is 0 Å². The molecule has 2 aromatic carbocycles. The van der Waals surface area contributed by atoms with Gasteiger partial charge in [-0.15, -0.1) is 24.2 Å². The monoisotopic (exact) mass is 541 g/mol. The fourth-order valence-electron chi connectivity index (χ4n) is 3.69. The van der Waals surface area contributed by atoms with E-state index in [1.807, 2.05) is 24.5 Å². The van der Waals surface area contributed by atoms with E-state index in [-0.39, 0.29) is 35.4 Å². The summed E-state index contributed by atoms with van der Waals surface area (Å²) in [6.07, 6.45) is 1.91. The molecule has 0 spiro atoms. The van der Waals surface area contributed by atoms with E-state index < -0.39 is 9.84 Å². The van der Waals surface area contributed by atoms with Gasteiger partial charge in [0, 0.05) is 37.5 Å². The number of morpholine rings is 1. The number of carbonyl (C=O) groups is 1. The zero-order valence-corrected chi connectivity index (χ0v) is 22.1. The molecule has 3 aromatic rings. The van der Waals surface area contributed by atoms with E-state index >= 15 is 0 Å². The van der Waals surface area contributed by atoms with Crippen LogP contribution in [-0.4, -0.2) is 75.6 Å². The van der Waals surface area contributed by atoms with E-state index in [2.05, 4.69) is 4.90 Å². The topological polar surface area (TPSA) is 79.8 Å². The number of benzene rings is 2. The number of para-hydroxylation sites is 1. The largest absolute Gasteiger partial charge is 0.379 e. The highest BCUT2D eigenvalue weighted by Crippen LogP contribution is 2.34. The summed E-state index contributed by atoms with van der Waals surface area (Å²) >= 11 is 3.09. The van der Waals surface area contributed by atoms with Gasteiger partial charge in [-0.25, -0.2) is 13.4 Å². The first-order valence-electron chi connectivity index (χ1n) is 10.8. The summed E-state index contributed by atoms with van der Waals surface area (Å²) < 4.78 is 31.9. The van der Waals surface area contributed by atoms with Crippen LogP contribution in [0.4, 0.5) is 5.13 Å². The molecule has 0 bridgehead atoms. The second-order valence-corrected chi connectivity index (χ2v) is 11.7. The maximum absolute atomic E-state index is 13.3. The van der Waals surface area contributed by atoms with Crippen LogP contribution in [0.2, 0.25) is 0 Å². The number of aromatic nitrogens is 1. The quantitative estimate of drug-likeness (QED) is 0.379. The normalized spacial score (nSPS) is 14.6. The van der Waals surface area contributed by atoms with E-state index in [4.69, 9.17) is 9.72 Å². The van der Waals surface area contributed by atoms with E-state index in [1.54, 1.807) is 47.0 Å². The van der Waals surface area contributed by atoms with Crippen LogP contribution in [0, 0.1) is 0 Å². The molecule has 4 rings (SSSR count). The Kier molecular flexibility index (Phi) is 9.75. The third-order valence-corrected chi connectivity index (χ3v) is 9.10. The molecule has 34 heavy (non-hydrogen) atoms. The Hall–Kier alpha value is -1.69. The van der Waals surface area contributed by atoms with E-state index in [9.17, 15) is 13.2 Å². The minimum atomic E-state index is -3.54. The Bertz CT molecular complexity index is 1200. The second kappa shape index (κ2) is 12.3. The molecule has 0 N–H and O–H groups in total. The number of thiazole rings is 1. The first-order valence-corrected chi connectivity index (χ1v) is 14.5. The number of thioether (sulfide) groups is 1. The number of anilines is 1. The lowest BCUT2D eigenvalue weighted by Crippen LogP contribution is -2.43. The SMILES string of the molecule is CSc1cccc2sc(N(CCN3CCOCC3)C(=O)CCS(=O)(=O)c3ccccc3)nc12.Cl. The Morgan fingerprint density at radius 1 is 1.15 bits per heavy atom. The maximum atomic E-state index is 13.3. The van der Waals surface area contributed by atoms with E-state index in [1.165, 1.54) is 11.3 Å². The molecule has 0 saturated carbocycles. The van der Waals surface area contributed by atoms with Crippen molar-refractivity contribution in [3.63, 3.8) is 0 Å². The molecule has 1 aliphatic heterocycles. The lowest BCUT2D eigenvalue weighted by molar-refractivity contribution is -0.118. The highest BCUT2D eigenvalue weighted by Gasteiger charge is 2.24. The van der Waals surface area contributed by atoms with Gasteiger partial charge in [0.2, 0.25) is 5.91 Å². The number of fused-ring (bicyclic) bond motifs is 1. The molecule has 0 unspecified atom stereocenters. The standard InChI is InChI=1S/C23H27N3O4S3.ClH/c1-31-19-8-5-9-20-22(19)24-23(32-20)26(12-11-25-13-15-30-16-14-25)21(27)10-17-33(28,29)18-6-3-2-4-7-18;/h2-9H,10-17H2,1H3;1H. The number of carbonyl (C=O) groups excluding carboxylic acids is 1. The van der Waals surface area contributed by atoms with Crippen molar-refractivity contribution in [2.45, 2.75) is 16.2 Å².